The number of fused-ring (bicyclic) bond motifs is 1. The Morgan fingerprint density at radius 2 is 1.96 bits per heavy atom. The van der Waals surface area contributed by atoms with E-state index in [2.05, 4.69) is 52.7 Å². The van der Waals surface area contributed by atoms with E-state index in [4.69, 9.17) is 0 Å². The highest BCUT2D eigenvalue weighted by atomic mass is 16.2. The van der Waals surface area contributed by atoms with Crippen molar-refractivity contribution in [2.45, 2.75) is 38.1 Å². The summed E-state index contributed by atoms with van der Waals surface area (Å²) in [6.45, 7) is 1.34. The number of rotatable bonds is 3. The molecule has 130 valence electrons. The number of carbonyl (C=O) groups is 2. The van der Waals surface area contributed by atoms with Crippen molar-refractivity contribution < 1.29 is 9.59 Å². The molecule has 2 aliphatic rings. The van der Waals surface area contributed by atoms with Crippen molar-refractivity contribution in [2.24, 2.45) is 5.92 Å². The summed E-state index contributed by atoms with van der Waals surface area (Å²) in [5, 5.41) is 5.38. The Morgan fingerprint density at radius 3 is 2.80 bits per heavy atom. The Labute approximate surface area is 148 Å². The van der Waals surface area contributed by atoms with Gasteiger partial charge < -0.3 is 10.2 Å². The zero-order chi connectivity index (χ0) is 17.2. The highest BCUT2D eigenvalue weighted by molar-refractivity contribution is 5.86. The van der Waals surface area contributed by atoms with E-state index < -0.39 is 0 Å². The van der Waals surface area contributed by atoms with Crippen LogP contribution in [0.1, 0.15) is 31.2 Å². The third-order valence-electron chi connectivity index (χ3n) is 5.61. The second-order valence-electron chi connectivity index (χ2n) is 7.21. The lowest BCUT2D eigenvalue weighted by Crippen LogP contribution is -2.46. The number of hydrogen-bond acceptors (Lipinski definition) is 2. The minimum atomic E-state index is -0.0502. The highest BCUT2D eigenvalue weighted by Crippen LogP contribution is 2.28. The molecule has 4 nitrogen and oxygen atoms in total. The van der Waals surface area contributed by atoms with Crippen LogP contribution in [0, 0.1) is 5.92 Å². The fraction of sp³-hybridized carbons (Fsp3) is 0.429. The molecule has 2 aliphatic heterocycles. The third kappa shape index (κ3) is 3.26. The Balaban J connectivity index is 1.51. The molecule has 4 heteroatoms. The molecule has 2 aromatic rings. The number of hydrogen-bond donors (Lipinski definition) is 1. The standard InChI is InChI=1S/C21H24N2O2/c24-20-11-10-17(14-22-20)21(25)23-12-4-8-18(23)13-16-7-3-6-15-5-1-2-9-19(15)16/h1-3,5-7,9,17-18H,4,8,10-14H2,(H,22,24)/t17-,18+/m1/s1. The van der Waals surface area contributed by atoms with Crippen molar-refractivity contribution in [3.63, 3.8) is 0 Å². The first-order chi connectivity index (χ1) is 12.2. The largest absolute Gasteiger partial charge is 0.355 e. The summed E-state index contributed by atoms with van der Waals surface area (Å²) in [5.41, 5.74) is 1.32. The average Bonchev–Trinajstić information content (AvgIpc) is 3.10. The minimum Gasteiger partial charge on any atom is -0.355 e. The number of carbonyl (C=O) groups excluding carboxylic acids is 2. The number of benzene rings is 2. The Morgan fingerprint density at radius 1 is 1.12 bits per heavy atom. The lowest BCUT2D eigenvalue weighted by atomic mass is 9.95. The predicted molar refractivity (Wildman–Crippen MR) is 98.1 cm³/mol. The van der Waals surface area contributed by atoms with Gasteiger partial charge >= 0.3 is 0 Å². The van der Waals surface area contributed by atoms with Gasteiger partial charge in [0.1, 0.15) is 0 Å². The molecule has 0 unspecified atom stereocenters. The number of nitrogens with one attached hydrogen (secondary N) is 1. The van der Waals surface area contributed by atoms with Crippen LogP contribution in [0.2, 0.25) is 0 Å². The second-order valence-corrected chi connectivity index (χ2v) is 7.21. The maximum absolute atomic E-state index is 12.9. The molecule has 25 heavy (non-hydrogen) atoms. The van der Waals surface area contributed by atoms with Crippen molar-refractivity contribution in [1.29, 1.82) is 0 Å². The van der Waals surface area contributed by atoms with E-state index >= 15 is 0 Å². The van der Waals surface area contributed by atoms with Crippen molar-refractivity contribution in [3.05, 3.63) is 48.0 Å². The summed E-state index contributed by atoms with van der Waals surface area (Å²) in [5.74, 6) is 0.242. The number of piperidine rings is 1. The van der Waals surface area contributed by atoms with Gasteiger partial charge in [-0.1, -0.05) is 42.5 Å². The molecule has 1 N–H and O–H groups in total. The van der Waals surface area contributed by atoms with Gasteiger partial charge in [0.2, 0.25) is 11.8 Å². The van der Waals surface area contributed by atoms with Gasteiger partial charge in [-0.3, -0.25) is 9.59 Å². The SMILES string of the molecule is O=C1CC[C@@H](C(=O)N2CCC[C@H]2Cc2cccc3ccccc23)CN1. The van der Waals surface area contributed by atoms with Crippen LogP contribution in [0.4, 0.5) is 0 Å². The minimum absolute atomic E-state index is 0.0502. The molecule has 4 rings (SSSR count). The van der Waals surface area contributed by atoms with Gasteiger partial charge in [0.05, 0.1) is 5.92 Å². The maximum atomic E-state index is 12.9. The maximum Gasteiger partial charge on any atom is 0.227 e. The quantitative estimate of drug-likeness (QED) is 0.937. The van der Waals surface area contributed by atoms with Crippen molar-refractivity contribution in [2.75, 3.05) is 13.1 Å². The molecule has 2 amide bonds. The molecule has 0 aromatic heterocycles. The molecule has 2 heterocycles. The van der Waals surface area contributed by atoms with Gasteiger partial charge in [-0.25, -0.2) is 0 Å². The van der Waals surface area contributed by atoms with E-state index in [1.54, 1.807) is 0 Å². The lowest BCUT2D eigenvalue weighted by Gasteiger charge is -2.31. The van der Waals surface area contributed by atoms with Crippen LogP contribution in [-0.4, -0.2) is 35.8 Å². The molecule has 2 saturated heterocycles. The van der Waals surface area contributed by atoms with E-state index in [0.29, 0.717) is 19.4 Å². The van der Waals surface area contributed by atoms with Crippen molar-refractivity contribution >= 4 is 22.6 Å². The van der Waals surface area contributed by atoms with E-state index in [0.717, 1.165) is 25.8 Å². The highest BCUT2D eigenvalue weighted by Gasteiger charge is 2.34. The smallest absolute Gasteiger partial charge is 0.227 e. The summed E-state index contributed by atoms with van der Waals surface area (Å²) in [7, 11) is 0. The van der Waals surface area contributed by atoms with Crippen molar-refractivity contribution in [1.82, 2.24) is 10.2 Å². The van der Waals surface area contributed by atoms with Crippen LogP contribution in [0.3, 0.4) is 0 Å². The van der Waals surface area contributed by atoms with E-state index in [1.807, 2.05) is 0 Å². The third-order valence-corrected chi connectivity index (χ3v) is 5.61. The summed E-state index contributed by atoms with van der Waals surface area (Å²) < 4.78 is 0. The fourth-order valence-electron chi connectivity index (χ4n) is 4.24. The van der Waals surface area contributed by atoms with Gasteiger partial charge in [0.15, 0.2) is 0 Å². The molecule has 0 bridgehead atoms. The van der Waals surface area contributed by atoms with Crippen LogP contribution in [0.15, 0.2) is 42.5 Å². The van der Waals surface area contributed by atoms with Crippen LogP contribution < -0.4 is 5.32 Å². The summed E-state index contributed by atoms with van der Waals surface area (Å²) in [6.07, 6.45) is 4.20. The first kappa shape index (κ1) is 16.1. The number of amides is 2. The molecule has 2 fully saturated rings. The number of nitrogens with zero attached hydrogens (tertiary/aromatic N) is 1. The molecular formula is C21H24N2O2. The monoisotopic (exact) mass is 336 g/mol. The van der Waals surface area contributed by atoms with Crippen molar-refractivity contribution in [3.8, 4) is 0 Å². The Hall–Kier alpha value is -2.36. The zero-order valence-electron chi connectivity index (χ0n) is 14.4. The number of likely N-dealkylation sites (tertiary alicyclic amines) is 1. The van der Waals surface area contributed by atoms with E-state index in [-0.39, 0.29) is 23.8 Å². The average molecular weight is 336 g/mol. The molecule has 0 spiro atoms. The van der Waals surface area contributed by atoms with Gasteiger partial charge in [-0.05, 0) is 42.0 Å². The van der Waals surface area contributed by atoms with Gasteiger partial charge in [-0.2, -0.15) is 0 Å². The van der Waals surface area contributed by atoms with E-state index in [1.165, 1.54) is 16.3 Å². The topological polar surface area (TPSA) is 49.4 Å². The van der Waals surface area contributed by atoms with Crippen LogP contribution in [0.5, 0.6) is 0 Å². The first-order valence-corrected chi connectivity index (χ1v) is 9.26. The summed E-state index contributed by atoms with van der Waals surface area (Å²) in [4.78, 5) is 26.4. The second kappa shape index (κ2) is 6.87. The van der Waals surface area contributed by atoms with Gasteiger partial charge in [-0.15, -0.1) is 0 Å². The molecule has 2 aromatic carbocycles. The van der Waals surface area contributed by atoms with Crippen LogP contribution >= 0.6 is 0 Å². The lowest BCUT2D eigenvalue weighted by molar-refractivity contribution is -0.138. The molecule has 0 aliphatic carbocycles. The molecule has 2 atom stereocenters. The summed E-state index contributed by atoms with van der Waals surface area (Å²) >= 11 is 0. The first-order valence-electron chi connectivity index (χ1n) is 9.26. The van der Waals surface area contributed by atoms with Gasteiger partial charge in [0.25, 0.3) is 0 Å². The van der Waals surface area contributed by atoms with Crippen LogP contribution in [-0.2, 0) is 16.0 Å². The predicted octanol–water partition coefficient (Wildman–Crippen LogP) is 2.90. The fourth-order valence-corrected chi connectivity index (χ4v) is 4.24. The summed E-state index contributed by atoms with van der Waals surface area (Å²) in [6, 6.07) is 15.2. The molecular weight excluding hydrogens is 312 g/mol. The Bertz CT molecular complexity index is 786. The normalized spacial score (nSPS) is 23.7. The van der Waals surface area contributed by atoms with E-state index in [9.17, 15) is 9.59 Å². The molecule has 0 saturated carbocycles. The zero-order valence-corrected chi connectivity index (χ0v) is 14.4. The molecule has 0 radical (unpaired) electrons. The van der Waals surface area contributed by atoms with Crippen LogP contribution in [0.25, 0.3) is 10.8 Å². The van der Waals surface area contributed by atoms with Gasteiger partial charge in [0, 0.05) is 25.6 Å². The Kier molecular flexibility index (Phi) is 4.43.